The molecule has 0 atom stereocenters. The minimum Gasteiger partial charge on any atom is -0.357 e. The summed E-state index contributed by atoms with van der Waals surface area (Å²) in [7, 11) is 1.84. The first kappa shape index (κ1) is 9.73. The molecule has 2 aromatic heterocycles. The van der Waals surface area contributed by atoms with Crippen LogP contribution in [-0.4, -0.2) is 23.3 Å². The zero-order valence-corrected chi connectivity index (χ0v) is 9.92. The monoisotopic (exact) mass is 225 g/mol. The Morgan fingerprint density at radius 2 is 2.21 bits per heavy atom. The molecule has 0 bridgehead atoms. The highest BCUT2D eigenvalue weighted by molar-refractivity contribution is 7.98. The average Bonchev–Trinajstić information content (AvgIpc) is 2.56. The smallest absolute Gasteiger partial charge is 0.224 e. The molecule has 5 heteroatoms. The molecule has 3 nitrogen and oxygen atoms in total. The van der Waals surface area contributed by atoms with Gasteiger partial charge in [-0.2, -0.15) is 0 Å². The second-order valence-corrected chi connectivity index (χ2v) is 4.91. The summed E-state index contributed by atoms with van der Waals surface area (Å²) >= 11 is 3.36. The Balaban J connectivity index is 2.72. The minimum atomic E-state index is 0.698. The number of hydrogen-bond acceptors (Lipinski definition) is 5. The first-order chi connectivity index (χ1) is 6.74. The van der Waals surface area contributed by atoms with E-state index in [1.165, 1.54) is 10.3 Å². The number of nitrogens with one attached hydrogen (secondary N) is 1. The predicted molar refractivity (Wildman–Crippen MR) is 63.5 cm³/mol. The lowest BCUT2D eigenvalue weighted by molar-refractivity contribution is 1.10. The molecule has 0 aromatic carbocycles. The van der Waals surface area contributed by atoms with Crippen LogP contribution in [0.25, 0.3) is 10.2 Å². The molecule has 0 fully saturated rings. The zero-order valence-electron chi connectivity index (χ0n) is 8.29. The summed E-state index contributed by atoms with van der Waals surface area (Å²) in [6, 6.07) is 2.14. The molecule has 0 aliphatic carbocycles. The van der Waals surface area contributed by atoms with Gasteiger partial charge in [0.05, 0.1) is 0 Å². The standard InChI is InChI=1S/C9H11N3S2/c1-5-4-6-7(13-3)11-9(10-2)12-8(6)14-5/h4H,1-3H3,(H,10,11,12). The van der Waals surface area contributed by atoms with Gasteiger partial charge >= 0.3 is 0 Å². The van der Waals surface area contributed by atoms with E-state index < -0.39 is 0 Å². The molecule has 14 heavy (non-hydrogen) atoms. The van der Waals surface area contributed by atoms with E-state index in [-0.39, 0.29) is 0 Å². The van der Waals surface area contributed by atoms with Crippen molar-refractivity contribution in [2.45, 2.75) is 11.9 Å². The number of thiophene rings is 1. The Morgan fingerprint density at radius 1 is 1.43 bits per heavy atom. The number of anilines is 1. The molecule has 1 N–H and O–H groups in total. The largest absolute Gasteiger partial charge is 0.357 e. The molecule has 2 rings (SSSR count). The molecule has 0 unspecified atom stereocenters. The molecular formula is C9H11N3S2. The molecule has 74 valence electrons. The van der Waals surface area contributed by atoms with Crippen LogP contribution in [0.5, 0.6) is 0 Å². The van der Waals surface area contributed by atoms with Gasteiger partial charge in [-0.05, 0) is 19.2 Å². The number of aryl methyl sites for hydroxylation is 1. The average molecular weight is 225 g/mol. The van der Waals surface area contributed by atoms with Crippen LogP contribution in [-0.2, 0) is 0 Å². The van der Waals surface area contributed by atoms with Gasteiger partial charge in [0.25, 0.3) is 0 Å². The molecule has 2 heterocycles. The van der Waals surface area contributed by atoms with Crippen molar-refractivity contribution in [2.24, 2.45) is 0 Å². The van der Waals surface area contributed by atoms with Gasteiger partial charge in [-0.15, -0.1) is 23.1 Å². The quantitative estimate of drug-likeness (QED) is 0.630. The van der Waals surface area contributed by atoms with Crippen molar-refractivity contribution >= 4 is 39.3 Å². The summed E-state index contributed by atoms with van der Waals surface area (Å²) in [5, 5.41) is 5.19. The number of nitrogens with zero attached hydrogens (tertiary/aromatic N) is 2. The van der Waals surface area contributed by atoms with Gasteiger partial charge in [-0.25, -0.2) is 9.97 Å². The van der Waals surface area contributed by atoms with Crippen LogP contribution in [0.15, 0.2) is 11.1 Å². The van der Waals surface area contributed by atoms with E-state index in [1.54, 1.807) is 23.1 Å². The van der Waals surface area contributed by atoms with Crippen LogP contribution in [0.3, 0.4) is 0 Å². The van der Waals surface area contributed by atoms with Gasteiger partial charge in [0.2, 0.25) is 5.95 Å². The highest BCUT2D eigenvalue weighted by atomic mass is 32.2. The van der Waals surface area contributed by atoms with E-state index in [9.17, 15) is 0 Å². The van der Waals surface area contributed by atoms with Crippen LogP contribution < -0.4 is 5.32 Å². The second kappa shape index (κ2) is 3.74. The van der Waals surface area contributed by atoms with Crippen molar-refractivity contribution in [1.82, 2.24) is 9.97 Å². The van der Waals surface area contributed by atoms with E-state index >= 15 is 0 Å². The Labute approximate surface area is 91.0 Å². The molecule has 0 saturated carbocycles. The van der Waals surface area contributed by atoms with Crippen molar-refractivity contribution in [3.8, 4) is 0 Å². The van der Waals surface area contributed by atoms with Crippen LogP contribution in [0.1, 0.15) is 4.88 Å². The summed E-state index contributed by atoms with van der Waals surface area (Å²) in [5.74, 6) is 0.698. The van der Waals surface area contributed by atoms with Gasteiger partial charge in [0.1, 0.15) is 9.86 Å². The van der Waals surface area contributed by atoms with Gasteiger partial charge in [-0.1, -0.05) is 0 Å². The molecular weight excluding hydrogens is 214 g/mol. The molecule has 0 radical (unpaired) electrons. The zero-order chi connectivity index (χ0) is 10.1. The molecule has 0 saturated heterocycles. The third-order valence-electron chi connectivity index (χ3n) is 1.90. The second-order valence-electron chi connectivity index (χ2n) is 2.88. The van der Waals surface area contributed by atoms with Crippen LogP contribution in [0, 0.1) is 6.92 Å². The molecule has 0 spiro atoms. The van der Waals surface area contributed by atoms with E-state index in [4.69, 9.17) is 0 Å². The van der Waals surface area contributed by atoms with Crippen LogP contribution >= 0.6 is 23.1 Å². The summed E-state index contributed by atoms with van der Waals surface area (Å²) in [6.07, 6.45) is 2.04. The summed E-state index contributed by atoms with van der Waals surface area (Å²) in [6.45, 7) is 2.09. The maximum Gasteiger partial charge on any atom is 0.224 e. The summed E-state index contributed by atoms with van der Waals surface area (Å²) in [4.78, 5) is 11.1. The first-order valence-corrected chi connectivity index (χ1v) is 6.28. The topological polar surface area (TPSA) is 37.8 Å². The fourth-order valence-corrected chi connectivity index (χ4v) is 2.78. The molecule has 2 aromatic rings. The van der Waals surface area contributed by atoms with Crippen molar-refractivity contribution in [2.75, 3.05) is 18.6 Å². The maximum atomic E-state index is 4.41. The minimum absolute atomic E-state index is 0.698. The normalized spacial score (nSPS) is 10.8. The number of aromatic nitrogens is 2. The van der Waals surface area contributed by atoms with E-state index in [2.05, 4.69) is 28.3 Å². The number of hydrogen-bond donors (Lipinski definition) is 1. The SMILES string of the molecule is CNc1nc(SC)c2cc(C)sc2n1. The number of fused-ring (bicyclic) bond motifs is 1. The maximum absolute atomic E-state index is 4.41. The van der Waals surface area contributed by atoms with Crippen molar-refractivity contribution < 1.29 is 0 Å². The summed E-state index contributed by atoms with van der Waals surface area (Å²) in [5.41, 5.74) is 0. The fourth-order valence-electron chi connectivity index (χ4n) is 1.28. The Kier molecular flexibility index (Phi) is 2.60. The molecule has 0 amide bonds. The predicted octanol–water partition coefficient (Wildman–Crippen LogP) is 2.76. The lowest BCUT2D eigenvalue weighted by atomic mass is 10.4. The van der Waals surface area contributed by atoms with Crippen molar-refractivity contribution in [1.29, 1.82) is 0 Å². The van der Waals surface area contributed by atoms with Crippen molar-refractivity contribution in [3.63, 3.8) is 0 Å². The fraction of sp³-hybridized carbons (Fsp3) is 0.333. The lowest BCUT2D eigenvalue weighted by Gasteiger charge is -2.01. The molecule has 0 aliphatic rings. The third-order valence-corrected chi connectivity index (χ3v) is 3.54. The summed E-state index contributed by atoms with van der Waals surface area (Å²) < 4.78 is 0. The van der Waals surface area contributed by atoms with Crippen LogP contribution in [0.4, 0.5) is 5.95 Å². The van der Waals surface area contributed by atoms with E-state index in [1.807, 2.05) is 13.3 Å². The van der Waals surface area contributed by atoms with Gasteiger partial charge in [-0.3, -0.25) is 0 Å². The van der Waals surface area contributed by atoms with E-state index in [0.29, 0.717) is 5.95 Å². The number of rotatable bonds is 2. The first-order valence-electron chi connectivity index (χ1n) is 4.24. The van der Waals surface area contributed by atoms with Gasteiger partial charge in [0, 0.05) is 17.3 Å². The third kappa shape index (κ3) is 1.57. The highest BCUT2D eigenvalue weighted by Gasteiger charge is 2.08. The Hall–Kier alpha value is -0.810. The number of thioether (sulfide) groups is 1. The van der Waals surface area contributed by atoms with E-state index in [0.717, 1.165) is 9.86 Å². The Bertz CT molecular complexity index is 464. The van der Waals surface area contributed by atoms with Crippen LogP contribution in [0.2, 0.25) is 0 Å². The Morgan fingerprint density at radius 3 is 2.86 bits per heavy atom. The van der Waals surface area contributed by atoms with Gasteiger partial charge in [0.15, 0.2) is 0 Å². The molecule has 0 aliphatic heterocycles. The lowest BCUT2D eigenvalue weighted by Crippen LogP contribution is -1.96. The van der Waals surface area contributed by atoms with Crippen molar-refractivity contribution in [3.05, 3.63) is 10.9 Å². The van der Waals surface area contributed by atoms with Gasteiger partial charge < -0.3 is 5.32 Å². The highest BCUT2D eigenvalue weighted by Crippen LogP contribution is 2.30.